The van der Waals surface area contributed by atoms with Gasteiger partial charge >= 0.3 is 0 Å². The van der Waals surface area contributed by atoms with E-state index in [1.807, 2.05) is 17.9 Å². The second kappa shape index (κ2) is 5.11. The zero-order chi connectivity index (χ0) is 12.6. The van der Waals surface area contributed by atoms with Gasteiger partial charge in [0.05, 0.1) is 8.66 Å². The second-order valence-electron chi connectivity index (χ2n) is 5.06. The molecule has 0 spiro atoms. The first-order chi connectivity index (χ1) is 7.99. The van der Waals surface area contributed by atoms with Crippen molar-refractivity contribution in [2.75, 3.05) is 6.54 Å². The third kappa shape index (κ3) is 3.10. The fourth-order valence-electron chi connectivity index (χ4n) is 1.81. The van der Waals surface area contributed by atoms with Crippen LogP contribution in [0.1, 0.15) is 41.9 Å². The van der Waals surface area contributed by atoms with Gasteiger partial charge in [0.2, 0.25) is 0 Å². The summed E-state index contributed by atoms with van der Waals surface area (Å²) in [6.45, 7) is 7.13. The van der Waals surface area contributed by atoms with E-state index in [1.54, 1.807) is 11.3 Å². The Morgan fingerprint density at radius 1 is 1.59 bits per heavy atom. The van der Waals surface area contributed by atoms with E-state index >= 15 is 0 Å². The summed E-state index contributed by atoms with van der Waals surface area (Å²) in [6.07, 6.45) is 2.56. The molecule has 1 aliphatic rings. The molecule has 1 saturated carbocycles. The highest BCUT2D eigenvalue weighted by molar-refractivity contribution is 9.11. The Hall–Kier alpha value is -0.350. The number of nitrogens with zero attached hydrogens (tertiary/aromatic N) is 1. The Bertz CT molecular complexity index is 404. The van der Waals surface area contributed by atoms with Crippen LogP contribution in [0, 0.1) is 12.8 Å². The maximum absolute atomic E-state index is 12.4. The predicted molar refractivity (Wildman–Crippen MR) is 75.7 cm³/mol. The number of amides is 1. The molecule has 0 N–H and O–H groups in total. The first kappa shape index (κ1) is 13.1. The molecule has 0 radical (unpaired) electrons. The van der Waals surface area contributed by atoms with Crippen LogP contribution in [0.15, 0.2) is 9.85 Å². The molecule has 1 aromatic heterocycles. The highest BCUT2D eigenvalue weighted by Crippen LogP contribution is 2.32. The third-order valence-electron chi connectivity index (χ3n) is 3.10. The highest BCUT2D eigenvalue weighted by Gasteiger charge is 2.29. The fourth-order valence-corrected chi connectivity index (χ4v) is 3.30. The minimum absolute atomic E-state index is 0.186. The average Bonchev–Trinajstić information content (AvgIpc) is 3.01. The summed E-state index contributed by atoms with van der Waals surface area (Å²) in [6, 6.07) is 2.27. The van der Waals surface area contributed by atoms with Gasteiger partial charge in [0, 0.05) is 12.6 Å². The average molecular weight is 316 g/mol. The van der Waals surface area contributed by atoms with Gasteiger partial charge in [-0.1, -0.05) is 0 Å². The summed E-state index contributed by atoms with van der Waals surface area (Å²) >= 11 is 5.02. The van der Waals surface area contributed by atoms with Gasteiger partial charge in [-0.15, -0.1) is 11.3 Å². The van der Waals surface area contributed by atoms with Gasteiger partial charge in [0.15, 0.2) is 0 Å². The van der Waals surface area contributed by atoms with Gasteiger partial charge in [-0.2, -0.15) is 0 Å². The Morgan fingerprint density at radius 2 is 2.24 bits per heavy atom. The Labute approximate surface area is 115 Å². The number of hydrogen-bond donors (Lipinski definition) is 0. The van der Waals surface area contributed by atoms with E-state index in [0.29, 0.717) is 0 Å². The number of halogens is 1. The molecule has 0 unspecified atom stereocenters. The summed E-state index contributed by atoms with van der Waals surface area (Å²) in [5.74, 6) is 0.927. The van der Waals surface area contributed by atoms with Crippen molar-refractivity contribution in [3.63, 3.8) is 0 Å². The van der Waals surface area contributed by atoms with E-state index in [2.05, 4.69) is 29.8 Å². The van der Waals surface area contributed by atoms with Crippen molar-refractivity contribution in [1.29, 1.82) is 0 Å². The first-order valence-corrected chi connectivity index (χ1v) is 7.67. The molecule has 1 aliphatic carbocycles. The van der Waals surface area contributed by atoms with Gasteiger partial charge in [-0.05, 0) is 67.1 Å². The fraction of sp³-hybridized carbons (Fsp3) is 0.615. The van der Waals surface area contributed by atoms with E-state index in [9.17, 15) is 4.79 Å². The molecule has 1 fully saturated rings. The molecular weight excluding hydrogens is 298 g/mol. The van der Waals surface area contributed by atoms with Crippen LogP contribution < -0.4 is 0 Å². The van der Waals surface area contributed by atoms with Crippen molar-refractivity contribution < 1.29 is 4.79 Å². The molecular formula is C13H18BrNOS. The van der Waals surface area contributed by atoms with E-state index in [4.69, 9.17) is 0 Å². The van der Waals surface area contributed by atoms with Crippen LogP contribution >= 0.6 is 27.3 Å². The van der Waals surface area contributed by atoms with Crippen molar-refractivity contribution in [1.82, 2.24) is 4.90 Å². The molecule has 1 heterocycles. The molecule has 94 valence electrons. The predicted octanol–water partition coefficient (Wildman–Crippen LogP) is 4.08. The molecule has 1 amide bonds. The Balaban J connectivity index is 2.14. The van der Waals surface area contributed by atoms with E-state index in [1.165, 1.54) is 12.8 Å². The molecule has 0 atom stereocenters. The first-order valence-electron chi connectivity index (χ1n) is 6.06. The molecule has 4 heteroatoms. The summed E-state index contributed by atoms with van der Waals surface area (Å²) in [5.41, 5.74) is 1.15. The van der Waals surface area contributed by atoms with Crippen LogP contribution in [0.4, 0.5) is 0 Å². The lowest BCUT2D eigenvalue weighted by atomic mass is 10.2. The molecule has 2 rings (SSSR count). The quantitative estimate of drug-likeness (QED) is 0.819. The zero-order valence-electron chi connectivity index (χ0n) is 10.5. The highest BCUT2D eigenvalue weighted by atomic mass is 79.9. The Morgan fingerprint density at radius 3 is 2.65 bits per heavy atom. The minimum atomic E-state index is 0.186. The maximum Gasteiger partial charge on any atom is 0.264 e. The summed E-state index contributed by atoms with van der Waals surface area (Å²) in [7, 11) is 0. The van der Waals surface area contributed by atoms with Crippen molar-refractivity contribution in [2.45, 2.75) is 39.7 Å². The van der Waals surface area contributed by atoms with E-state index < -0.39 is 0 Å². The van der Waals surface area contributed by atoms with Gasteiger partial charge in [-0.25, -0.2) is 0 Å². The van der Waals surface area contributed by atoms with Crippen LogP contribution in [0.3, 0.4) is 0 Å². The number of carbonyl (C=O) groups is 1. The van der Waals surface area contributed by atoms with Crippen molar-refractivity contribution in [2.24, 2.45) is 5.92 Å². The Kier molecular flexibility index (Phi) is 3.93. The molecule has 0 saturated heterocycles. The largest absolute Gasteiger partial charge is 0.335 e. The minimum Gasteiger partial charge on any atom is -0.335 e. The van der Waals surface area contributed by atoms with Crippen molar-refractivity contribution in [3.8, 4) is 0 Å². The summed E-state index contributed by atoms with van der Waals surface area (Å²) < 4.78 is 1.07. The van der Waals surface area contributed by atoms with E-state index in [-0.39, 0.29) is 11.9 Å². The number of carbonyl (C=O) groups excluding carboxylic acids is 1. The summed E-state index contributed by atoms with van der Waals surface area (Å²) in [5, 5.41) is 0. The van der Waals surface area contributed by atoms with Gasteiger partial charge in [0.1, 0.15) is 0 Å². The number of thiophene rings is 1. The maximum atomic E-state index is 12.4. The normalized spacial score (nSPS) is 15.4. The lowest BCUT2D eigenvalue weighted by Gasteiger charge is -2.26. The molecule has 1 aromatic rings. The lowest BCUT2D eigenvalue weighted by Crippen LogP contribution is -2.38. The molecule has 0 aromatic carbocycles. The van der Waals surface area contributed by atoms with E-state index in [0.717, 1.165) is 26.7 Å². The number of aryl methyl sites for hydroxylation is 1. The third-order valence-corrected chi connectivity index (χ3v) is 5.23. The van der Waals surface area contributed by atoms with Crippen LogP contribution in [0.5, 0.6) is 0 Å². The van der Waals surface area contributed by atoms with Gasteiger partial charge < -0.3 is 4.90 Å². The molecule has 2 nitrogen and oxygen atoms in total. The SMILES string of the molecule is Cc1cc(C(=O)N(CC2CC2)C(C)C)sc1Br. The molecule has 17 heavy (non-hydrogen) atoms. The zero-order valence-corrected chi connectivity index (χ0v) is 12.9. The molecule has 0 bridgehead atoms. The van der Waals surface area contributed by atoms with Crippen molar-refractivity contribution >= 4 is 33.2 Å². The van der Waals surface area contributed by atoms with Gasteiger partial charge in [0.25, 0.3) is 5.91 Å². The van der Waals surface area contributed by atoms with Crippen LogP contribution in [0.25, 0.3) is 0 Å². The van der Waals surface area contributed by atoms with Gasteiger partial charge in [-0.3, -0.25) is 4.79 Å². The smallest absolute Gasteiger partial charge is 0.264 e. The van der Waals surface area contributed by atoms with Crippen molar-refractivity contribution in [3.05, 3.63) is 20.3 Å². The van der Waals surface area contributed by atoms with Crippen LogP contribution in [-0.4, -0.2) is 23.4 Å². The topological polar surface area (TPSA) is 20.3 Å². The van der Waals surface area contributed by atoms with Crippen LogP contribution in [0.2, 0.25) is 0 Å². The molecule has 0 aliphatic heterocycles. The lowest BCUT2D eigenvalue weighted by molar-refractivity contribution is 0.0701. The van der Waals surface area contributed by atoms with Crippen LogP contribution in [-0.2, 0) is 0 Å². The summed E-state index contributed by atoms with van der Waals surface area (Å²) in [4.78, 5) is 15.3. The number of hydrogen-bond acceptors (Lipinski definition) is 2. The number of rotatable bonds is 4. The second-order valence-corrected chi connectivity index (χ2v) is 7.43. The monoisotopic (exact) mass is 315 g/mol. The standard InChI is InChI=1S/C13H18BrNOS/c1-8(2)15(7-10-4-5-10)13(16)11-6-9(3)12(14)17-11/h6,8,10H,4-5,7H2,1-3H3.